The first-order valence-electron chi connectivity index (χ1n) is 11.0. The van der Waals surface area contributed by atoms with Gasteiger partial charge < -0.3 is 34.2 Å². The fraction of sp³-hybridized carbons (Fsp3) is 0.474. The number of nitrogens with zero attached hydrogens (tertiary/aromatic N) is 1. The number of hydrogen-bond donors (Lipinski definition) is 6. The van der Waals surface area contributed by atoms with Gasteiger partial charge in [-0.1, -0.05) is 18.2 Å². The number of phosphoric ester groups is 1. The van der Waals surface area contributed by atoms with Gasteiger partial charge in [-0.15, -0.1) is 0 Å². The fourth-order valence-corrected chi connectivity index (χ4v) is 6.91. The Morgan fingerprint density at radius 3 is 2.28 bits per heavy atom. The molecule has 6 N–H and O–H groups in total. The standard InChI is InChI=1S/C19H27N2O15P3/c1-11-5-4-6-12(2)13(11)9-32-15-8-21(18(24)20-17(15)23)19(3)7-14(22)16(34-19)10-33-38(28,29)36-39(30,31)35-37(25,26)27/h4-6,8,14,16,22H,7,9-10H2,1-3H3,(H,28,29)(H,30,31)(H,20,23,24)(H2,25,26,27)/t14-,16+,19+/m0/s1. The summed E-state index contributed by atoms with van der Waals surface area (Å²) in [7, 11) is -16.8. The van der Waals surface area contributed by atoms with E-state index in [-0.39, 0.29) is 18.8 Å². The fourth-order valence-electron chi connectivity index (χ4n) is 3.88. The van der Waals surface area contributed by atoms with Crippen LogP contribution in [-0.2, 0) is 43.9 Å². The van der Waals surface area contributed by atoms with E-state index in [2.05, 4.69) is 18.1 Å². The lowest BCUT2D eigenvalue weighted by molar-refractivity contribution is -0.107. The molecular weight excluding hydrogens is 589 g/mol. The zero-order valence-corrected chi connectivity index (χ0v) is 23.4. The van der Waals surface area contributed by atoms with Gasteiger partial charge in [-0.05, 0) is 37.5 Å². The molecule has 1 fully saturated rings. The van der Waals surface area contributed by atoms with Crippen molar-refractivity contribution >= 4 is 23.5 Å². The number of aliphatic hydroxyl groups is 1. The monoisotopic (exact) mass is 616 g/mol. The van der Waals surface area contributed by atoms with Crippen molar-refractivity contribution in [1.82, 2.24) is 9.55 Å². The third kappa shape index (κ3) is 8.27. The van der Waals surface area contributed by atoms with Crippen LogP contribution in [0.3, 0.4) is 0 Å². The first-order valence-corrected chi connectivity index (χ1v) is 15.5. The van der Waals surface area contributed by atoms with E-state index in [1.54, 1.807) is 0 Å². The normalized spacial score (nSPS) is 24.7. The number of ether oxygens (including phenoxy) is 2. The summed E-state index contributed by atoms with van der Waals surface area (Å²) in [6.07, 6.45) is -2.01. The van der Waals surface area contributed by atoms with Crippen molar-refractivity contribution in [1.29, 1.82) is 0 Å². The van der Waals surface area contributed by atoms with Crippen molar-refractivity contribution < 1.29 is 61.0 Å². The second-order valence-corrected chi connectivity index (χ2v) is 13.2. The number of nitrogens with one attached hydrogen (secondary N) is 1. The Bertz CT molecular complexity index is 1460. The first-order chi connectivity index (χ1) is 17.8. The smallest absolute Gasteiger partial charge is 0.482 e. The Labute approximate surface area is 220 Å². The zero-order valence-electron chi connectivity index (χ0n) is 20.7. The highest BCUT2D eigenvalue weighted by Crippen LogP contribution is 2.66. The van der Waals surface area contributed by atoms with E-state index in [0.717, 1.165) is 27.5 Å². The Hall–Kier alpha value is -1.97. The van der Waals surface area contributed by atoms with Crippen LogP contribution >= 0.6 is 23.5 Å². The average molecular weight is 616 g/mol. The second-order valence-electron chi connectivity index (χ2n) is 8.77. The van der Waals surface area contributed by atoms with E-state index in [4.69, 9.17) is 19.3 Å². The van der Waals surface area contributed by atoms with E-state index in [1.807, 2.05) is 32.0 Å². The van der Waals surface area contributed by atoms with Gasteiger partial charge in [0.1, 0.15) is 18.4 Å². The SMILES string of the molecule is Cc1cccc(C)c1COc1cn([C@@]2(C)C[C@H](O)[C@@H](COP(=O)(O)OP(=O)(O)OP(=O)(O)O)O2)c(=O)[nH]c1=O. The lowest BCUT2D eigenvalue weighted by Gasteiger charge is -2.27. The van der Waals surface area contributed by atoms with Crippen LogP contribution in [-0.4, -0.2) is 53.0 Å². The summed E-state index contributed by atoms with van der Waals surface area (Å²) in [5, 5.41) is 10.4. The number of aryl methyl sites for hydroxylation is 2. The molecule has 39 heavy (non-hydrogen) atoms. The average Bonchev–Trinajstić information content (AvgIpc) is 3.04. The highest BCUT2D eigenvalue weighted by Gasteiger charge is 2.47. The Kier molecular flexibility index (Phi) is 9.30. The quantitative estimate of drug-likeness (QED) is 0.192. The van der Waals surface area contributed by atoms with E-state index < -0.39 is 59.3 Å². The van der Waals surface area contributed by atoms with Crippen LogP contribution in [0.25, 0.3) is 0 Å². The molecule has 1 aliphatic heterocycles. The van der Waals surface area contributed by atoms with Crippen LogP contribution in [0, 0.1) is 13.8 Å². The summed E-state index contributed by atoms with van der Waals surface area (Å²) < 4.78 is 58.2. The molecular formula is C19H27N2O15P3. The molecule has 0 radical (unpaired) electrons. The van der Waals surface area contributed by atoms with E-state index in [1.165, 1.54) is 6.92 Å². The van der Waals surface area contributed by atoms with Crippen molar-refractivity contribution in [3.8, 4) is 5.75 Å². The molecule has 17 nitrogen and oxygen atoms in total. The summed E-state index contributed by atoms with van der Waals surface area (Å²) in [5.74, 6) is -0.228. The minimum atomic E-state index is -5.74. The first kappa shape index (κ1) is 31.6. The maximum Gasteiger partial charge on any atom is 0.490 e. The highest BCUT2D eigenvalue weighted by molar-refractivity contribution is 7.66. The van der Waals surface area contributed by atoms with E-state index >= 15 is 0 Å². The zero-order chi connectivity index (χ0) is 29.4. The number of aromatic nitrogens is 2. The van der Waals surface area contributed by atoms with Gasteiger partial charge in [-0.3, -0.25) is 18.9 Å². The topological polar surface area (TPSA) is 253 Å². The van der Waals surface area contributed by atoms with Gasteiger partial charge in [0, 0.05) is 6.42 Å². The molecule has 0 amide bonds. The second kappa shape index (κ2) is 11.5. The van der Waals surface area contributed by atoms with Crippen LogP contribution in [0.15, 0.2) is 34.0 Å². The molecule has 20 heteroatoms. The molecule has 0 spiro atoms. The third-order valence-electron chi connectivity index (χ3n) is 5.68. The predicted molar refractivity (Wildman–Crippen MR) is 131 cm³/mol. The molecule has 218 valence electrons. The minimum Gasteiger partial charge on any atom is -0.482 e. The molecule has 2 heterocycles. The van der Waals surface area contributed by atoms with E-state index in [0.29, 0.717) is 0 Å². The van der Waals surface area contributed by atoms with Gasteiger partial charge in [0.2, 0.25) is 5.75 Å². The predicted octanol–water partition coefficient (Wildman–Crippen LogP) is 0.898. The van der Waals surface area contributed by atoms with Crippen LogP contribution in [0.1, 0.15) is 30.0 Å². The molecule has 5 atom stereocenters. The largest absolute Gasteiger partial charge is 0.490 e. The van der Waals surface area contributed by atoms with Crippen molar-refractivity contribution in [2.45, 2.75) is 51.7 Å². The van der Waals surface area contributed by atoms with Crippen molar-refractivity contribution in [3.05, 3.63) is 61.9 Å². The Morgan fingerprint density at radius 2 is 1.69 bits per heavy atom. The van der Waals surface area contributed by atoms with Crippen LogP contribution in [0.5, 0.6) is 5.75 Å². The van der Waals surface area contributed by atoms with Crippen LogP contribution in [0.4, 0.5) is 0 Å². The number of hydrogen-bond acceptors (Lipinski definition) is 11. The molecule has 0 aliphatic carbocycles. The molecule has 1 aromatic heterocycles. The number of rotatable bonds is 11. The van der Waals surface area contributed by atoms with Gasteiger partial charge in [0.05, 0.1) is 18.9 Å². The lowest BCUT2D eigenvalue weighted by atomic mass is 10.0. The number of H-pyrrole nitrogens is 1. The lowest BCUT2D eigenvalue weighted by Crippen LogP contribution is -2.42. The molecule has 3 rings (SSSR count). The summed E-state index contributed by atoms with van der Waals surface area (Å²) in [6.45, 7) is 4.19. The molecule has 1 aromatic carbocycles. The Morgan fingerprint density at radius 1 is 1.08 bits per heavy atom. The molecule has 0 bridgehead atoms. The number of aliphatic hydroxyl groups excluding tert-OH is 1. The van der Waals surface area contributed by atoms with Gasteiger partial charge >= 0.3 is 29.2 Å². The summed E-state index contributed by atoms with van der Waals surface area (Å²) in [4.78, 5) is 63.1. The maximum absolute atomic E-state index is 12.6. The summed E-state index contributed by atoms with van der Waals surface area (Å²) in [5.41, 5.74) is -0.668. The van der Waals surface area contributed by atoms with Crippen molar-refractivity contribution in [2.75, 3.05) is 6.61 Å². The number of phosphoric acid groups is 3. The molecule has 2 aromatic rings. The number of aromatic amines is 1. The van der Waals surface area contributed by atoms with Gasteiger partial charge in [0.25, 0.3) is 5.56 Å². The third-order valence-corrected chi connectivity index (χ3v) is 9.48. The summed E-state index contributed by atoms with van der Waals surface area (Å²) >= 11 is 0. The van der Waals surface area contributed by atoms with Gasteiger partial charge in [-0.2, -0.15) is 8.62 Å². The molecule has 1 saturated heterocycles. The molecule has 2 unspecified atom stereocenters. The van der Waals surface area contributed by atoms with E-state index in [9.17, 15) is 38.2 Å². The van der Waals surface area contributed by atoms with Crippen LogP contribution in [0.2, 0.25) is 0 Å². The highest BCUT2D eigenvalue weighted by atomic mass is 31.3. The molecule has 1 aliphatic rings. The van der Waals surface area contributed by atoms with Crippen molar-refractivity contribution in [3.63, 3.8) is 0 Å². The van der Waals surface area contributed by atoms with Crippen LogP contribution < -0.4 is 16.0 Å². The minimum absolute atomic E-state index is 0.0165. The Balaban J connectivity index is 1.74. The van der Waals surface area contributed by atoms with Gasteiger partial charge in [0.15, 0.2) is 0 Å². The summed E-state index contributed by atoms with van der Waals surface area (Å²) in [6, 6.07) is 5.60. The number of benzene rings is 1. The maximum atomic E-state index is 12.6. The molecule has 0 saturated carbocycles. The van der Waals surface area contributed by atoms with Gasteiger partial charge in [-0.25, -0.2) is 18.5 Å². The van der Waals surface area contributed by atoms with Crippen molar-refractivity contribution in [2.24, 2.45) is 0 Å².